The number of hydrogen-bond acceptors (Lipinski definition) is 5. The number of sulfonamides is 1. The summed E-state index contributed by atoms with van der Waals surface area (Å²) in [5.41, 5.74) is 5.06. The average molecular weight is 404 g/mol. The SMILES string of the molecule is COC(=O)CCN(C)S(=O)(=O)c1cc(Cl)c(Br)c(N)c1F. The maximum Gasteiger partial charge on any atom is 0.306 e. The second-order valence-corrected chi connectivity index (χ2v) is 7.26. The van der Waals surface area contributed by atoms with E-state index in [2.05, 4.69) is 20.7 Å². The maximum absolute atomic E-state index is 14.1. The number of carbonyl (C=O) groups excluding carboxylic acids is 1. The largest absolute Gasteiger partial charge is 0.469 e. The first kappa shape index (κ1) is 18.1. The van der Waals surface area contributed by atoms with E-state index in [-0.39, 0.29) is 22.5 Å². The number of halogens is 3. The van der Waals surface area contributed by atoms with Gasteiger partial charge in [0.05, 0.1) is 28.7 Å². The van der Waals surface area contributed by atoms with Crippen LogP contribution in [0.1, 0.15) is 6.42 Å². The van der Waals surface area contributed by atoms with E-state index in [1.807, 2.05) is 0 Å². The summed E-state index contributed by atoms with van der Waals surface area (Å²) in [6.07, 6.45) is -0.159. The second-order valence-electron chi connectivity index (χ2n) is 4.05. The number of esters is 1. The number of hydrogen-bond donors (Lipinski definition) is 1. The lowest BCUT2D eigenvalue weighted by atomic mass is 10.3. The molecule has 2 N–H and O–H groups in total. The predicted molar refractivity (Wildman–Crippen MR) is 80.0 cm³/mol. The standard InChI is InChI=1S/C11H13BrClFN2O4S/c1-16(4-3-8(17)20-2)21(18,19)7-5-6(13)9(12)11(15)10(7)14/h5H,3-4,15H2,1-2H3. The highest BCUT2D eigenvalue weighted by molar-refractivity contribution is 9.10. The quantitative estimate of drug-likeness (QED) is 0.461. The minimum atomic E-state index is -4.17. The van der Waals surface area contributed by atoms with Crippen LogP contribution in [0.3, 0.4) is 0 Å². The molecule has 0 heterocycles. The molecule has 1 aromatic rings. The van der Waals surface area contributed by atoms with Crippen molar-refractivity contribution in [1.29, 1.82) is 0 Å². The van der Waals surface area contributed by atoms with Crippen molar-refractivity contribution < 1.29 is 22.3 Å². The third-order valence-electron chi connectivity index (χ3n) is 2.70. The Morgan fingerprint density at radius 2 is 2.14 bits per heavy atom. The smallest absolute Gasteiger partial charge is 0.306 e. The van der Waals surface area contributed by atoms with Crippen LogP contribution in [0.2, 0.25) is 5.02 Å². The van der Waals surface area contributed by atoms with Crippen LogP contribution in [-0.2, 0) is 19.6 Å². The lowest BCUT2D eigenvalue weighted by molar-refractivity contribution is -0.140. The number of methoxy groups -OCH3 is 1. The summed E-state index contributed by atoms with van der Waals surface area (Å²) in [5.74, 6) is -1.68. The van der Waals surface area contributed by atoms with Crippen LogP contribution >= 0.6 is 27.5 Å². The zero-order valence-corrected chi connectivity index (χ0v) is 14.3. The molecule has 6 nitrogen and oxygen atoms in total. The van der Waals surface area contributed by atoms with E-state index in [1.54, 1.807) is 0 Å². The molecule has 0 aromatic heterocycles. The Bertz CT molecular complexity index is 669. The number of rotatable bonds is 5. The van der Waals surface area contributed by atoms with E-state index in [1.165, 1.54) is 14.2 Å². The predicted octanol–water partition coefficient (Wildman–Crippen LogP) is 2.01. The van der Waals surface area contributed by atoms with Gasteiger partial charge in [0.15, 0.2) is 5.82 Å². The summed E-state index contributed by atoms with van der Waals surface area (Å²) in [5, 5.41) is -0.0335. The van der Waals surface area contributed by atoms with Crippen LogP contribution in [0.5, 0.6) is 0 Å². The molecule has 1 rings (SSSR count). The van der Waals surface area contributed by atoms with E-state index in [0.717, 1.165) is 10.4 Å². The molecule has 0 aliphatic carbocycles. The normalized spacial score (nSPS) is 11.7. The molecule has 1 aromatic carbocycles. The molecule has 118 valence electrons. The van der Waals surface area contributed by atoms with Crippen LogP contribution < -0.4 is 5.73 Å². The van der Waals surface area contributed by atoms with Crippen molar-refractivity contribution in [1.82, 2.24) is 4.31 Å². The van der Waals surface area contributed by atoms with Crippen molar-refractivity contribution in [2.75, 3.05) is 26.4 Å². The van der Waals surface area contributed by atoms with Gasteiger partial charge < -0.3 is 10.5 Å². The molecule has 0 bridgehead atoms. The third kappa shape index (κ3) is 3.85. The van der Waals surface area contributed by atoms with Gasteiger partial charge in [-0.2, -0.15) is 0 Å². The van der Waals surface area contributed by atoms with Crippen LogP contribution in [0.4, 0.5) is 10.1 Å². The molecule has 0 spiro atoms. The minimum Gasteiger partial charge on any atom is -0.469 e. The fraction of sp³-hybridized carbons (Fsp3) is 0.364. The van der Waals surface area contributed by atoms with Gasteiger partial charge in [-0.15, -0.1) is 0 Å². The number of anilines is 1. The summed E-state index contributed by atoms with van der Waals surface area (Å²) in [4.78, 5) is 10.4. The molecule has 0 aliphatic rings. The fourth-order valence-electron chi connectivity index (χ4n) is 1.43. The lowest BCUT2D eigenvalue weighted by Gasteiger charge is -2.18. The lowest BCUT2D eigenvalue weighted by Crippen LogP contribution is -2.30. The number of benzene rings is 1. The highest BCUT2D eigenvalue weighted by Gasteiger charge is 2.28. The molecule has 0 unspecified atom stereocenters. The Labute approximate surface area is 135 Å². The Balaban J connectivity index is 3.17. The van der Waals surface area contributed by atoms with Gasteiger partial charge in [-0.1, -0.05) is 11.6 Å². The fourth-order valence-corrected chi connectivity index (χ4v) is 3.26. The van der Waals surface area contributed by atoms with Gasteiger partial charge in [-0.3, -0.25) is 4.79 Å². The summed E-state index contributed by atoms with van der Waals surface area (Å²) in [7, 11) is -1.77. The molecule has 0 radical (unpaired) electrons. The molecule has 0 atom stereocenters. The topological polar surface area (TPSA) is 89.7 Å². The Morgan fingerprint density at radius 3 is 2.67 bits per heavy atom. The van der Waals surface area contributed by atoms with Gasteiger partial charge in [0.25, 0.3) is 0 Å². The zero-order chi connectivity index (χ0) is 16.4. The molecular formula is C11H13BrClFN2O4S. The number of nitrogens with zero attached hydrogens (tertiary/aromatic N) is 1. The summed E-state index contributed by atoms with van der Waals surface area (Å²) < 4.78 is 43.9. The Hall–Kier alpha value is -0.900. The van der Waals surface area contributed by atoms with Crippen molar-refractivity contribution in [3.05, 3.63) is 21.4 Å². The molecule has 0 amide bonds. The van der Waals surface area contributed by atoms with Gasteiger partial charge in [0, 0.05) is 13.6 Å². The first-order valence-electron chi connectivity index (χ1n) is 5.59. The zero-order valence-electron chi connectivity index (χ0n) is 11.2. The molecule has 21 heavy (non-hydrogen) atoms. The second kappa shape index (κ2) is 6.91. The number of ether oxygens (including phenoxy) is 1. The van der Waals surface area contributed by atoms with Crippen LogP contribution in [0.15, 0.2) is 15.4 Å². The first-order valence-corrected chi connectivity index (χ1v) is 8.20. The van der Waals surface area contributed by atoms with E-state index < -0.39 is 32.4 Å². The Morgan fingerprint density at radius 1 is 1.57 bits per heavy atom. The highest BCUT2D eigenvalue weighted by atomic mass is 79.9. The molecule has 0 aliphatic heterocycles. The van der Waals surface area contributed by atoms with Crippen molar-refractivity contribution >= 4 is 49.2 Å². The number of carbonyl (C=O) groups is 1. The van der Waals surface area contributed by atoms with Crippen LogP contribution in [0, 0.1) is 5.82 Å². The van der Waals surface area contributed by atoms with Gasteiger partial charge in [0.1, 0.15) is 4.90 Å². The average Bonchev–Trinajstić information content (AvgIpc) is 2.45. The van der Waals surface area contributed by atoms with Crippen molar-refractivity contribution in [3.63, 3.8) is 0 Å². The minimum absolute atomic E-state index is 0.0335. The van der Waals surface area contributed by atoms with Crippen LogP contribution in [-0.4, -0.2) is 39.4 Å². The number of nitrogens with two attached hydrogens (primary N) is 1. The summed E-state index contributed by atoms with van der Waals surface area (Å²) >= 11 is 8.76. The van der Waals surface area contributed by atoms with E-state index in [9.17, 15) is 17.6 Å². The van der Waals surface area contributed by atoms with E-state index >= 15 is 0 Å². The van der Waals surface area contributed by atoms with Gasteiger partial charge in [-0.05, 0) is 22.0 Å². The van der Waals surface area contributed by atoms with Crippen molar-refractivity contribution in [3.8, 4) is 0 Å². The highest BCUT2D eigenvalue weighted by Crippen LogP contribution is 2.35. The first-order chi connectivity index (χ1) is 9.62. The number of nitrogen functional groups attached to an aromatic ring is 1. The monoisotopic (exact) mass is 402 g/mol. The summed E-state index contributed by atoms with van der Waals surface area (Å²) in [6, 6.07) is 0.960. The van der Waals surface area contributed by atoms with Gasteiger partial charge >= 0.3 is 5.97 Å². The Kier molecular flexibility index (Phi) is 5.97. The van der Waals surface area contributed by atoms with Crippen LogP contribution in [0.25, 0.3) is 0 Å². The molecular weight excluding hydrogens is 391 g/mol. The molecule has 10 heteroatoms. The van der Waals surface area contributed by atoms with Gasteiger partial charge in [0.2, 0.25) is 10.0 Å². The maximum atomic E-state index is 14.1. The molecule has 0 saturated heterocycles. The van der Waals surface area contributed by atoms with E-state index in [0.29, 0.717) is 0 Å². The molecule has 0 saturated carbocycles. The molecule has 0 fully saturated rings. The van der Waals surface area contributed by atoms with Crippen molar-refractivity contribution in [2.24, 2.45) is 0 Å². The van der Waals surface area contributed by atoms with E-state index in [4.69, 9.17) is 17.3 Å². The third-order valence-corrected chi connectivity index (χ3v) is 5.94. The van der Waals surface area contributed by atoms with Crippen molar-refractivity contribution in [2.45, 2.75) is 11.3 Å². The van der Waals surface area contributed by atoms with Gasteiger partial charge in [-0.25, -0.2) is 17.1 Å². The summed E-state index contributed by atoms with van der Waals surface area (Å²) in [6.45, 7) is -0.165.